The van der Waals surface area contributed by atoms with Crippen LogP contribution in [0, 0.1) is 18.8 Å². The Morgan fingerprint density at radius 1 is 0.744 bits per heavy atom. The second kappa shape index (κ2) is 9.03. The summed E-state index contributed by atoms with van der Waals surface area (Å²) in [6.45, 7) is 2.08. The average Bonchev–Trinajstić information content (AvgIpc) is 3.60. The first-order valence-corrected chi connectivity index (χ1v) is 12.8. The molecule has 0 spiro atoms. The molecule has 7 heteroatoms. The molecule has 0 bridgehead atoms. The number of nitrogens with zero attached hydrogens (tertiary/aromatic N) is 5. The van der Waals surface area contributed by atoms with Crippen LogP contribution in [0.15, 0.2) is 97.6 Å². The van der Waals surface area contributed by atoms with Crippen LogP contribution in [0.4, 0.5) is 17.1 Å². The summed E-state index contributed by atoms with van der Waals surface area (Å²) in [4.78, 5) is 11.2. The molecular formula is C32H23BN5Pt-3. The number of anilines is 3. The predicted molar refractivity (Wildman–Crippen MR) is 154 cm³/mol. The summed E-state index contributed by atoms with van der Waals surface area (Å²) >= 11 is 0. The van der Waals surface area contributed by atoms with Crippen molar-refractivity contribution in [2.24, 2.45) is 7.05 Å². The van der Waals surface area contributed by atoms with E-state index >= 15 is 0 Å². The van der Waals surface area contributed by atoms with E-state index in [-0.39, 0.29) is 27.9 Å². The van der Waals surface area contributed by atoms with Crippen LogP contribution in [0.1, 0.15) is 0 Å². The van der Waals surface area contributed by atoms with Gasteiger partial charge < -0.3 is 19.2 Å². The van der Waals surface area contributed by atoms with Gasteiger partial charge in [0.25, 0.3) is 0 Å². The molecule has 0 atom stereocenters. The number of imidazole rings is 1. The molecule has 5 nitrogen and oxygen atoms in total. The van der Waals surface area contributed by atoms with Gasteiger partial charge in [-0.05, 0) is 19.4 Å². The molecule has 39 heavy (non-hydrogen) atoms. The number of hydrogen-bond acceptors (Lipinski definition) is 4. The zero-order chi connectivity index (χ0) is 25.4. The average molecular weight is 683 g/mol. The van der Waals surface area contributed by atoms with Crippen molar-refractivity contribution < 1.29 is 21.1 Å². The van der Waals surface area contributed by atoms with Gasteiger partial charge in [0.2, 0.25) is 0 Å². The van der Waals surface area contributed by atoms with Crippen molar-refractivity contribution in [3.63, 3.8) is 0 Å². The summed E-state index contributed by atoms with van der Waals surface area (Å²) in [5, 5.41) is 0. The van der Waals surface area contributed by atoms with Gasteiger partial charge in [0.1, 0.15) is 0 Å². The molecule has 0 radical (unpaired) electrons. The molecule has 0 fully saturated rings. The third-order valence-electron chi connectivity index (χ3n) is 7.77. The SMILES string of the molecule is CN1C=CN(c2[c-]c3c(cc2)-c2ccccc2B2c4ccccc4-c4ccc(-c5nccn5C)[c-]c4N23)[CH-]1.[Pt]. The van der Waals surface area contributed by atoms with E-state index in [1.807, 2.05) is 42.2 Å². The second-order valence-corrected chi connectivity index (χ2v) is 10.0. The van der Waals surface area contributed by atoms with Gasteiger partial charge in [-0.25, -0.2) is 0 Å². The van der Waals surface area contributed by atoms with E-state index in [1.54, 1.807) is 0 Å². The fourth-order valence-corrected chi connectivity index (χ4v) is 6.04. The Morgan fingerprint density at radius 2 is 1.41 bits per heavy atom. The zero-order valence-electron chi connectivity index (χ0n) is 21.4. The first-order chi connectivity index (χ1) is 18.7. The van der Waals surface area contributed by atoms with Crippen LogP contribution in [-0.4, -0.2) is 28.3 Å². The van der Waals surface area contributed by atoms with Crippen molar-refractivity contribution in [2.45, 2.75) is 0 Å². The molecule has 4 aromatic carbocycles. The summed E-state index contributed by atoms with van der Waals surface area (Å²) < 4.78 is 2.04. The molecule has 5 aromatic rings. The molecule has 0 saturated carbocycles. The minimum Gasteiger partial charge on any atom is -0.510 e. The monoisotopic (exact) mass is 683 g/mol. The van der Waals surface area contributed by atoms with E-state index in [2.05, 4.69) is 112 Å². The minimum absolute atomic E-state index is 0. The normalized spacial score (nSPS) is 14.3. The number of aromatic nitrogens is 2. The standard InChI is InChI=1S/C32H23BN5.Pt/c1-35-17-18-37(21-35)23-12-14-27-25-8-4-6-10-29(25)33-28-9-5-3-7-24(28)26-13-11-22(32-34-15-16-36(32)2)19-30(26)38(33)31(27)20-23;/h3-18,21H,1-2H3;/q-3;. The number of rotatable bonds is 2. The van der Waals surface area contributed by atoms with Gasteiger partial charge >= 0.3 is 6.85 Å². The molecular weight excluding hydrogens is 660 g/mol. The molecule has 0 unspecified atom stereocenters. The van der Waals surface area contributed by atoms with Crippen molar-refractivity contribution in [1.29, 1.82) is 0 Å². The van der Waals surface area contributed by atoms with Gasteiger partial charge in [-0.2, -0.15) is 12.7 Å². The smallest absolute Gasteiger partial charge is 0.324 e. The van der Waals surface area contributed by atoms with E-state index in [0.717, 1.165) is 28.5 Å². The number of hydrogen-bond donors (Lipinski definition) is 0. The van der Waals surface area contributed by atoms with E-state index in [0.29, 0.717) is 0 Å². The van der Waals surface area contributed by atoms with Crippen molar-refractivity contribution in [3.8, 4) is 33.6 Å². The Kier molecular flexibility index (Phi) is 5.57. The van der Waals surface area contributed by atoms with Gasteiger partial charge in [-0.1, -0.05) is 87.5 Å². The first kappa shape index (κ1) is 24.1. The summed E-state index contributed by atoms with van der Waals surface area (Å²) in [6, 6.07) is 33.9. The molecule has 0 amide bonds. The van der Waals surface area contributed by atoms with Crippen LogP contribution in [0.5, 0.6) is 0 Å². The zero-order valence-corrected chi connectivity index (χ0v) is 23.7. The maximum Gasteiger partial charge on any atom is 0.324 e. The van der Waals surface area contributed by atoms with Crippen molar-refractivity contribution in [2.75, 3.05) is 16.8 Å². The van der Waals surface area contributed by atoms with Crippen molar-refractivity contribution in [3.05, 3.63) is 116 Å². The van der Waals surface area contributed by atoms with Crippen LogP contribution in [0.25, 0.3) is 33.6 Å². The fourth-order valence-electron chi connectivity index (χ4n) is 6.04. The summed E-state index contributed by atoms with van der Waals surface area (Å²) in [6.07, 6.45) is 7.93. The largest absolute Gasteiger partial charge is 0.510 e. The molecule has 192 valence electrons. The topological polar surface area (TPSA) is 27.5 Å². The Hall–Kier alpha value is -4.02. The van der Waals surface area contributed by atoms with Gasteiger partial charge in [0, 0.05) is 40.5 Å². The Bertz CT molecular complexity index is 1780. The Morgan fingerprint density at radius 3 is 2.05 bits per heavy atom. The van der Waals surface area contributed by atoms with Crippen LogP contribution in [-0.2, 0) is 28.1 Å². The van der Waals surface area contributed by atoms with E-state index < -0.39 is 0 Å². The maximum atomic E-state index is 4.62. The molecule has 0 N–H and O–H groups in total. The third-order valence-corrected chi connectivity index (χ3v) is 7.77. The number of benzene rings is 4. The Labute approximate surface area is 243 Å². The van der Waals surface area contributed by atoms with Crippen LogP contribution >= 0.6 is 0 Å². The fraction of sp³-hybridized carbons (Fsp3) is 0.0625. The van der Waals surface area contributed by atoms with Gasteiger partial charge in [-0.3, -0.25) is 4.98 Å². The van der Waals surface area contributed by atoms with Crippen molar-refractivity contribution in [1.82, 2.24) is 14.5 Å². The van der Waals surface area contributed by atoms with E-state index in [1.165, 1.54) is 33.2 Å². The number of fused-ring (bicyclic) bond motifs is 11. The minimum atomic E-state index is 0. The second-order valence-electron chi connectivity index (χ2n) is 10.0. The van der Waals surface area contributed by atoms with E-state index in [4.69, 9.17) is 0 Å². The summed E-state index contributed by atoms with van der Waals surface area (Å²) in [5.74, 6) is 0.901. The predicted octanol–water partition coefficient (Wildman–Crippen LogP) is 4.93. The van der Waals surface area contributed by atoms with Gasteiger partial charge in [0.15, 0.2) is 0 Å². The van der Waals surface area contributed by atoms with Crippen LogP contribution < -0.4 is 20.6 Å². The molecule has 4 heterocycles. The summed E-state index contributed by atoms with van der Waals surface area (Å²) in [5.41, 5.74) is 11.5. The number of aryl methyl sites for hydroxylation is 1. The molecule has 0 saturated heterocycles. The quantitative estimate of drug-likeness (QED) is 0.195. The Balaban J connectivity index is 0.00000253. The molecule has 1 aromatic heterocycles. The van der Waals surface area contributed by atoms with Gasteiger partial charge in [0.05, 0.1) is 5.82 Å². The molecule has 3 aliphatic heterocycles. The van der Waals surface area contributed by atoms with E-state index in [9.17, 15) is 0 Å². The first-order valence-electron chi connectivity index (χ1n) is 12.8. The van der Waals surface area contributed by atoms with Crippen LogP contribution in [0.3, 0.4) is 0 Å². The summed E-state index contributed by atoms with van der Waals surface area (Å²) in [7, 11) is 4.06. The molecule has 8 rings (SSSR count). The van der Waals surface area contributed by atoms with Crippen LogP contribution in [0.2, 0.25) is 0 Å². The molecule has 3 aliphatic rings. The third kappa shape index (κ3) is 3.55. The maximum absolute atomic E-state index is 4.62. The molecule has 0 aliphatic carbocycles. The van der Waals surface area contributed by atoms with Crippen molar-refractivity contribution >= 4 is 34.8 Å². The van der Waals surface area contributed by atoms with Gasteiger partial charge in [-0.15, -0.1) is 47.1 Å².